The van der Waals surface area contributed by atoms with Gasteiger partial charge in [-0.15, -0.1) is 0 Å². The second-order valence-electron chi connectivity index (χ2n) is 3.93. The van der Waals surface area contributed by atoms with E-state index in [1.807, 2.05) is 0 Å². The van der Waals surface area contributed by atoms with E-state index in [1.54, 1.807) is 4.90 Å². The molecule has 1 aliphatic heterocycles. The maximum absolute atomic E-state index is 13.4. The van der Waals surface area contributed by atoms with E-state index in [9.17, 15) is 14.0 Å². The van der Waals surface area contributed by atoms with Crippen LogP contribution in [-0.2, 0) is 17.8 Å². The smallest absolute Gasteiger partial charge is 0.340 e. The van der Waals surface area contributed by atoms with Gasteiger partial charge in [-0.05, 0) is 18.1 Å². The predicted molar refractivity (Wildman–Crippen MR) is 55.9 cm³/mol. The van der Waals surface area contributed by atoms with Crippen LogP contribution in [-0.4, -0.2) is 33.4 Å². The van der Waals surface area contributed by atoms with Crippen molar-refractivity contribution >= 4 is 11.9 Å². The Labute approximate surface area is 96.9 Å². The molecule has 5 nitrogen and oxygen atoms in total. The molecule has 90 valence electrons. The number of carbonyl (C=O) groups is 2. The monoisotopic (exact) mass is 238 g/mol. The minimum Gasteiger partial charge on any atom is -0.478 e. The zero-order chi connectivity index (χ0) is 12.6. The fourth-order valence-electron chi connectivity index (χ4n) is 1.85. The molecule has 2 heterocycles. The van der Waals surface area contributed by atoms with Gasteiger partial charge < -0.3 is 10.0 Å². The summed E-state index contributed by atoms with van der Waals surface area (Å²) in [5, 5.41) is 8.76. The number of halogens is 1. The van der Waals surface area contributed by atoms with E-state index >= 15 is 0 Å². The van der Waals surface area contributed by atoms with Crippen LogP contribution in [0.25, 0.3) is 0 Å². The number of hydrogen-bond acceptors (Lipinski definition) is 3. The first-order valence-corrected chi connectivity index (χ1v) is 5.16. The normalized spacial score (nSPS) is 14.4. The Morgan fingerprint density at radius 1 is 1.53 bits per heavy atom. The predicted octanol–water partition coefficient (Wildman–Crippen LogP) is 0.824. The third-order valence-corrected chi connectivity index (χ3v) is 2.81. The first-order valence-electron chi connectivity index (χ1n) is 5.16. The second-order valence-corrected chi connectivity index (χ2v) is 3.93. The van der Waals surface area contributed by atoms with Gasteiger partial charge in [-0.1, -0.05) is 0 Å². The number of hydrogen-bond donors (Lipinski definition) is 1. The Hall–Kier alpha value is -1.98. The van der Waals surface area contributed by atoms with Crippen molar-refractivity contribution in [2.45, 2.75) is 19.9 Å². The van der Waals surface area contributed by atoms with E-state index in [0.717, 1.165) is 0 Å². The third kappa shape index (κ3) is 2.11. The van der Waals surface area contributed by atoms with Gasteiger partial charge in [-0.2, -0.15) is 4.39 Å². The molecule has 0 aromatic carbocycles. The summed E-state index contributed by atoms with van der Waals surface area (Å²) in [7, 11) is 0. The van der Waals surface area contributed by atoms with Gasteiger partial charge in [0, 0.05) is 13.5 Å². The van der Waals surface area contributed by atoms with Crippen LogP contribution in [0, 0.1) is 5.95 Å². The maximum atomic E-state index is 13.4. The summed E-state index contributed by atoms with van der Waals surface area (Å²) in [6.45, 7) is 2.18. The Bertz CT molecular complexity index is 502. The average molecular weight is 238 g/mol. The number of carboxylic acid groups (broad SMARTS) is 1. The van der Waals surface area contributed by atoms with Gasteiger partial charge in [0.1, 0.15) is 5.56 Å². The molecule has 0 fully saturated rings. The van der Waals surface area contributed by atoms with Crippen LogP contribution in [0.1, 0.15) is 28.5 Å². The molecule has 6 heteroatoms. The lowest BCUT2D eigenvalue weighted by Gasteiger charge is -2.27. The van der Waals surface area contributed by atoms with Gasteiger partial charge in [-0.25, -0.2) is 9.78 Å². The fourth-order valence-corrected chi connectivity index (χ4v) is 1.85. The average Bonchev–Trinajstić information content (AvgIpc) is 2.26. The minimum atomic E-state index is -1.33. The SMILES string of the molecule is CC(=O)N1CCc2cc(C(=O)O)c(F)nc2C1. The van der Waals surface area contributed by atoms with Crippen molar-refractivity contribution in [1.82, 2.24) is 9.88 Å². The lowest BCUT2D eigenvalue weighted by molar-refractivity contribution is -0.129. The van der Waals surface area contributed by atoms with Gasteiger partial charge in [0.05, 0.1) is 12.2 Å². The van der Waals surface area contributed by atoms with E-state index < -0.39 is 17.5 Å². The van der Waals surface area contributed by atoms with Crippen LogP contribution in [0.4, 0.5) is 4.39 Å². The van der Waals surface area contributed by atoms with Crippen LogP contribution in [0.2, 0.25) is 0 Å². The van der Waals surface area contributed by atoms with Crippen LogP contribution in [0.15, 0.2) is 6.07 Å². The van der Waals surface area contributed by atoms with Crippen molar-refractivity contribution in [3.63, 3.8) is 0 Å². The molecular formula is C11H11FN2O3. The summed E-state index contributed by atoms with van der Waals surface area (Å²) >= 11 is 0. The molecule has 0 saturated carbocycles. The maximum Gasteiger partial charge on any atom is 0.340 e. The van der Waals surface area contributed by atoms with Gasteiger partial charge in [0.25, 0.3) is 0 Å². The lowest BCUT2D eigenvalue weighted by atomic mass is 10.0. The lowest BCUT2D eigenvalue weighted by Crippen LogP contribution is -2.35. The molecule has 17 heavy (non-hydrogen) atoms. The molecule has 0 bridgehead atoms. The van der Waals surface area contributed by atoms with E-state index in [4.69, 9.17) is 5.11 Å². The molecule has 0 atom stereocenters. The molecule has 0 aliphatic carbocycles. The highest BCUT2D eigenvalue weighted by atomic mass is 19.1. The number of fused-ring (bicyclic) bond motifs is 1. The molecule has 0 unspecified atom stereocenters. The number of aromatic carboxylic acids is 1. The molecule has 0 spiro atoms. The topological polar surface area (TPSA) is 70.5 Å². The molecule has 2 rings (SSSR count). The summed E-state index contributed by atoms with van der Waals surface area (Å²) < 4.78 is 13.4. The van der Waals surface area contributed by atoms with E-state index in [0.29, 0.717) is 24.2 Å². The van der Waals surface area contributed by atoms with Crippen LogP contribution < -0.4 is 0 Å². The summed E-state index contributed by atoms with van der Waals surface area (Å²) in [6, 6.07) is 1.30. The molecule has 1 aromatic rings. The molecular weight excluding hydrogens is 227 g/mol. The van der Waals surface area contributed by atoms with Crippen LogP contribution in [0.3, 0.4) is 0 Å². The Balaban J connectivity index is 2.38. The van der Waals surface area contributed by atoms with Crippen molar-refractivity contribution in [3.05, 3.63) is 28.8 Å². The molecule has 1 amide bonds. The van der Waals surface area contributed by atoms with Crippen LogP contribution >= 0.6 is 0 Å². The zero-order valence-electron chi connectivity index (χ0n) is 9.23. The highest BCUT2D eigenvalue weighted by Gasteiger charge is 2.23. The fraction of sp³-hybridized carbons (Fsp3) is 0.364. The number of nitrogens with zero attached hydrogens (tertiary/aromatic N) is 2. The standard InChI is InChI=1S/C11H11FN2O3/c1-6(15)14-3-2-7-4-8(11(16)17)10(12)13-9(7)5-14/h4H,2-3,5H2,1H3,(H,16,17). The Morgan fingerprint density at radius 3 is 2.82 bits per heavy atom. The summed E-state index contributed by atoms with van der Waals surface area (Å²) in [5.41, 5.74) is 0.718. The minimum absolute atomic E-state index is 0.0971. The Morgan fingerprint density at radius 2 is 2.24 bits per heavy atom. The van der Waals surface area contributed by atoms with Crippen molar-refractivity contribution in [2.24, 2.45) is 0 Å². The highest BCUT2D eigenvalue weighted by molar-refractivity contribution is 5.87. The number of rotatable bonds is 1. The quantitative estimate of drug-likeness (QED) is 0.735. The van der Waals surface area contributed by atoms with Crippen molar-refractivity contribution in [3.8, 4) is 0 Å². The molecule has 1 N–H and O–H groups in total. The van der Waals surface area contributed by atoms with Gasteiger partial charge in [0.15, 0.2) is 0 Å². The zero-order valence-corrected chi connectivity index (χ0v) is 9.23. The summed E-state index contributed by atoms with van der Waals surface area (Å²) in [5.74, 6) is -2.42. The first kappa shape index (κ1) is 11.5. The second kappa shape index (κ2) is 4.12. The van der Waals surface area contributed by atoms with Crippen LogP contribution in [0.5, 0.6) is 0 Å². The van der Waals surface area contributed by atoms with Crippen molar-refractivity contribution in [1.29, 1.82) is 0 Å². The van der Waals surface area contributed by atoms with Gasteiger partial charge in [0.2, 0.25) is 11.9 Å². The molecule has 0 saturated heterocycles. The molecule has 1 aromatic heterocycles. The number of amides is 1. The number of carboxylic acids is 1. The number of pyridine rings is 1. The van der Waals surface area contributed by atoms with Gasteiger partial charge in [-0.3, -0.25) is 4.79 Å². The van der Waals surface area contributed by atoms with Crippen molar-refractivity contribution < 1.29 is 19.1 Å². The third-order valence-electron chi connectivity index (χ3n) is 2.81. The van der Waals surface area contributed by atoms with Crippen molar-refractivity contribution in [2.75, 3.05) is 6.54 Å². The van der Waals surface area contributed by atoms with E-state index in [-0.39, 0.29) is 12.5 Å². The van der Waals surface area contributed by atoms with E-state index in [2.05, 4.69) is 4.98 Å². The summed E-state index contributed by atoms with van der Waals surface area (Å²) in [4.78, 5) is 27.1. The molecule has 0 radical (unpaired) electrons. The van der Waals surface area contributed by atoms with E-state index in [1.165, 1.54) is 13.0 Å². The first-order chi connectivity index (χ1) is 7.99. The number of aromatic nitrogens is 1. The number of carbonyl (C=O) groups excluding carboxylic acids is 1. The summed E-state index contributed by atoms with van der Waals surface area (Å²) in [6.07, 6.45) is 0.502. The largest absolute Gasteiger partial charge is 0.478 e. The Kier molecular flexibility index (Phi) is 2.79. The highest BCUT2D eigenvalue weighted by Crippen LogP contribution is 2.20. The molecule has 1 aliphatic rings. The van der Waals surface area contributed by atoms with Gasteiger partial charge >= 0.3 is 5.97 Å².